The van der Waals surface area contributed by atoms with Crippen molar-refractivity contribution in [1.29, 1.82) is 0 Å². The van der Waals surface area contributed by atoms with Gasteiger partial charge >= 0.3 is 0 Å². The number of rotatable bonds is 3. The minimum Gasteiger partial charge on any atom is -0.456 e. The minimum atomic E-state index is 0.857. The summed E-state index contributed by atoms with van der Waals surface area (Å²) in [6, 6.07) is 48.9. The van der Waals surface area contributed by atoms with Crippen molar-refractivity contribution in [3.05, 3.63) is 140 Å². The quantitative estimate of drug-likeness (QED) is 0.215. The van der Waals surface area contributed by atoms with E-state index < -0.39 is 0 Å². The highest BCUT2D eigenvalue weighted by Crippen LogP contribution is 2.48. The molecule has 0 fully saturated rings. The SMILES string of the molecule is c1ccc2c(c1)cc(N(c1cccc3c1oc1ccccc13)c1cccc3oc4ccccc4c13)c1ccccc12. The third-order valence-electron chi connectivity index (χ3n) is 8.23. The first kappa shape index (κ1) is 22.3. The summed E-state index contributed by atoms with van der Waals surface area (Å²) in [4.78, 5) is 2.36. The summed E-state index contributed by atoms with van der Waals surface area (Å²) in [5.74, 6) is 0. The zero-order chi connectivity index (χ0) is 26.9. The monoisotopic (exact) mass is 525 g/mol. The van der Waals surface area contributed by atoms with Crippen LogP contribution in [0.25, 0.3) is 65.4 Å². The summed E-state index contributed by atoms with van der Waals surface area (Å²) < 4.78 is 13.0. The van der Waals surface area contributed by atoms with Gasteiger partial charge in [0.05, 0.1) is 22.4 Å². The molecule has 3 heteroatoms. The van der Waals surface area contributed by atoms with Crippen LogP contribution in [0.3, 0.4) is 0 Å². The van der Waals surface area contributed by atoms with E-state index in [2.05, 4.69) is 120 Å². The van der Waals surface area contributed by atoms with Gasteiger partial charge in [0.2, 0.25) is 0 Å². The molecule has 192 valence electrons. The normalized spacial score (nSPS) is 11.9. The Hall–Kier alpha value is -5.54. The molecule has 2 aromatic heterocycles. The molecule has 0 N–H and O–H groups in total. The molecule has 0 amide bonds. The van der Waals surface area contributed by atoms with Crippen LogP contribution in [-0.2, 0) is 0 Å². The van der Waals surface area contributed by atoms with E-state index in [9.17, 15) is 0 Å². The van der Waals surface area contributed by atoms with Gasteiger partial charge in [-0.05, 0) is 52.6 Å². The van der Waals surface area contributed by atoms with Crippen LogP contribution >= 0.6 is 0 Å². The first-order chi connectivity index (χ1) is 20.3. The fourth-order valence-electron chi connectivity index (χ4n) is 6.46. The average molecular weight is 526 g/mol. The van der Waals surface area contributed by atoms with Gasteiger partial charge in [0.15, 0.2) is 5.58 Å². The summed E-state index contributed by atoms with van der Waals surface area (Å²) in [6.45, 7) is 0. The molecule has 0 aliphatic carbocycles. The van der Waals surface area contributed by atoms with Crippen LogP contribution < -0.4 is 4.90 Å². The zero-order valence-corrected chi connectivity index (χ0v) is 22.0. The van der Waals surface area contributed by atoms with Crippen molar-refractivity contribution < 1.29 is 8.83 Å². The molecule has 3 nitrogen and oxygen atoms in total. The van der Waals surface area contributed by atoms with E-state index in [1.54, 1.807) is 0 Å². The largest absolute Gasteiger partial charge is 0.456 e. The highest BCUT2D eigenvalue weighted by Gasteiger charge is 2.24. The molecular formula is C38H23NO2. The molecule has 0 unspecified atom stereocenters. The van der Waals surface area contributed by atoms with Gasteiger partial charge in [-0.15, -0.1) is 0 Å². The Bertz CT molecular complexity index is 2450. The van der Waals surface area contributed by atoms with Gasteiger partial charge in [-0.1, -0.05) is 103 Å². The van der Waals surface area contributed by atoms with Gasteiger partial charge in [-0.3, -0.25) is 0 Å². The Morgan fingerprint density at radius 1 is 0.366 bits per heavy atom. The smallest absolute Gasteiger partial charge is 0.159 e. The van der Waals surface area contributed by atoms with E-state index in [1.165, 1.54) is 21.5 Å². The molecule has 0 radical (unpaired) electrons. The van der Waals surface area contributed by atoms with Crippen molar-refractivity contribution in [3.8, 4) is 0 Å². The number of furan rings is 2. The number of fused-ring (bicyclic) bond motifs is 9. The van der Waals surface area contributed by atoms with E-state index in [0.29, 0.717) is 0 Å². The van der Waals surface area contributed by atoms with E-state index in [-0.39, 0.29) is 0 Å². The van der Waals surface area contributed by atoms with Gasteiger partial charge in [0, 0.05) is 21.5 Å². The van der Waals surface area contributed by atoms with Gasteiger partial charge < -0.3 is 13.7 Å². The summed E-state index contributed by atoms with van der Waals surface area (Å²) in [5, 5.41) is 9.18. The van der Waals surface area contributed by atoms with Gasteiger partial charge in [0.25, 0.3) is 0 Å². The maximum absolute atomic E-state index is 6.62. The molecule has 0 saturated heterocycles. The number of hydrogen-bond donors (Lipinski definition) is 0. The van der Waals surface area contributed by atoms with E-state index in [4.69, 9.17) is 8.83 Å². The summed E-state index contributed by atoms with van der Waals surface area (Å²) in [6.07, 6.45) is 0. The minimum absolute atomic E-state index is 0.857. The van der Waals surface area contributed by atoms with Crippen molar-refractivity contribution >= 4 is 82.5 Å². The maximum atomic E-state index is 6.62. The molecule has 41 heavy (non-hydrogen) atoms. The molecule has 0 spiro atoms. The lowest BCUT2D eigenvalue weighted by Gasteiger charge is -2.28. The van der Waals surface area contributed by atoms with Crippen LogP contribution in [0, 0.1) is 0 Å². The lowest BCUT2D eigenvalue weighted by Crippen LogP contribution is -2.11. The molecule has 0 aliphatic rings. The van der Waals surface area contributed by atoms with Crippen LogP contribution in [0.2, 0.25) is 0 Å². The Morgan fingerprint density at radius 3 is 1.80 bits per heavy atom. The summed E-state index contributed by atoms with van der Waals surface area (Å²) in [5.41, 5.74) is 6.58. The molecule has 2 heterocycles. The second kappa shape index (κ2) is 8.48. The van der Waals surface area contributed by atoms with Crippen molar-refractivity contribution in [2.75, 3.05) is 4.90 Å². The first-order valence-electron chi connectivity index (χ1n) is 13.9. The Balaban J connectivity index is 1.47. The number of benzene rings is 7. The van der Waals surface area contributed by atoms with Crippen molar-refractivity contribution in [3.63, 3.8) is 0 Å². The molecule has 7 aromatic carbocycles. The number of para-hydroxylation sites is 3. The van der Waals surface area contributed by atoms with Crippen LogP contribution in [0.1, 0.15) is 0 Å². The highest BCUT2D eigenvalue weighted by atomic mass is 16.3. The van der Waals surface area contributed by atoms with E-state index in [1.807, 2.05) is 24.3 Å². The van der Waals surface area contributed by atoms with Crippen molar-refractivity contribution in [2.45, 2.75) is 0 Å². The molecular weight excluding hydrogens is 502 g/mol. The van der Waals surface area contributed by atoms with E-state index in [0.717, 1.165) is 60.9 Å². The van der Waals surface area contributed by atoms with Gasteiger partial charge in [0.1, 0.15) is 16.7 Å². The van der Waals surface area contributed by atoms with Crippen LogP contribution in [0.4, 0.5) is 17.1 Å². The molecule has 9 aromatic rings. The highest BCUT2D eigenvalue weighted by molar-refractivity contribution is 6.20. The molecule has 0 aliphatic heterocycles. The Kier molecular flexibility index (Phi) is 4.61. The lowest BCUT2D eigenvalue weighted by atomic mass is 9.98. The fraction of sp³-hybridized carbons (Fsp3) is 0. The predicted octanol–water partition coefficient (Wildman–Crippen LogP) is 11.3. The van der Waals surface area contributed by atoms with Crippen LogP contribution in [0.5, 0.6) is 0 Å². The molecule has 0 atom stereocenters. The maximum Gasteiger partial charge on any atom is 0.159 e. The standard InChI is InChI=1S/C38H23NO2/c1-2-12-25-24(11-1)23-33(27-14-4-3-13-26(25)27)39(31-18-10-22-36-37(31)30-16-6-8-21-35(30)40-36)32-19-9-17-29-28-15-5-7-20-34(28)41-38(29)32/h1-23H. The fourth-order valence-corrected chi connectivity index (χ4v) is 6.46. The Labute approximate surface area is 235 Å². The number of anilines is 3. The number of hydrogen-bond acceptors (Lipinski definition) is 3. The molecule has 0 bridgehead atoms. The molecule has 0 saturated carbocycles. The second-order valence-corrected chi connectivity index (χ2v) is 10.5. The predicted molar refractivity (Wildman–Crippen MR) is 171 cm³/mol. The van der Waals surface area contributed by atoms with Crippen LogP contribution in [-0.4, -0.2) is 0 Å². The Morgan fingerprint density at radius 2 is 0.951 bits per heavy atom. The van der Waals surface area contributed by atoms with Gasteiger partial charge in [-0.25, -0.2) is 0 Å². The van der Waals surface area contributed by atoms with Crippen molar-refractivity contribution in [1.82, 2.24) is 0 Å². The van der Waals surface area contributed by atoms with Crippen LogP contribution in [0.15, 0.2) is 148 Å². The average Bonchev–Trinajstić information content (AvgIpc) is 3.61. The summed E-state index contributed by atoms with van der Waals surface area (Å²) >= 11 is 0. The number of nitrogens with zero attached hydrogens (tertiary/aromatic N) is 1. The third kappa shape index (κ3) is 3.20. The lowest BCUT2D eigenvalue weighted by molar-refractivity contribution is 0.668. The molecule has 9 rings (SSSR count). The topological polar surface area (TPSA) is 29.5 Å². The first-order valence-corrected chi connectivity index (χ1v) is 13.9. The third-order valence-corrected chi connectivity index (χ3v) is 8.23. The second-order valence-electron chi connectivity index (χ2n) is 10.5. The van der Waals surface area contributed by atoms with E-state index >= 15 is 0 Å². The van der Waals surface area contributed by atoms with Gasteiger partial charge in [-0.2, -0.15) is 0 Å². The summed E-state index contributed by atoms with van der Waals surface area (Å²) in [7, 11) is 0. The van der Waals surface area contributed by atoms with Crippen molar-refractivity contribution in [2.24, 2.45) is 0 Å². The zero-order valence-electron chi connectivity index (χ0n) is 22.0.